The van der Waals surface area contributed by atoms with Crippen molar-refractivity contribution in [3.8, 4) is 0 Å². The van der Waals surface area contributed by atoms with E-state index in [-0.39, 0.29) is 5.56 Å². The number of aromatic carboxylic acids is 1. The SMILES string of the molecule is CC1CCN(c2ncc(F)cc2C(=O)O)CC1. The van der Waals surface area contributed by atoms with Crippen molar-refractivity contribution >= 4 is 11.8 Å². The molecule has 0 radical (unpaired) electrons. The van der Waals surface area contributed by atoms with Gasteiger partial charge in [-0.3, -0.25) is 0 Å². The largest absolute Gasteiger partial charge is 0.478 e. The highest BCUT2D eigenvalue weighted by Crippen LogP contribution is 2.24. The van der Waals surface area contributed by atoms with Crippen molar-refractivity contribution in [2.24, 2.45) is 5.92 Å². The third-order valence-electron chi connectivity index (χ3n) is 3.15. The number of hydrogen-bond donors (Lipinski definition) is 1. The molecule has 1 fully saturated rings. The molecule has 1 aliphatic rings. The van der Waals surface area contributed by atoms with Crippen molar-refractivity contribution in [2.45, 2.75) is 19.8 Å². The topological polar surface area (TPSA) is 53.4 Å². The maximum Gasteiger partial charge on any atom is 0.339 e. The molecule has 0 aromatic carbocycles. The number of carboxylic acid groups (broad SMARTS) is 1. The van der Waals surface area contributed by atoms with Gasteiger partial charge in [0.15, 0.2) is 0 Å². The van der Waals surface area contributed by atoms with Crippen LogP contribution in [0.5, 0.6) is 0 Å². The molecule has 1 aromatic rings. The second kappa shape index (κ2) is 4.69. The van der Waals surface area contributed by atoms with E-state index in [0.717, 1.165) is 38.2 Å². The van der Waals surface area contributed by atoms with Crippen LogP contribution in [0.25, 0.3) is 0 Å². The van der Waals surface area contributed by atoms with Crippen LogP contribution < -0.4 is 4.90 Å². The minimum absolute atomic E-state index is 0.0560. The highest BCUT2D eigenvalue weighted by Gasteiger charge is 2.22. The molecule has 1 aromatic heterocycles. The lowest BCUT2D eigenvalue weighted by molar-refractivity contribution is 0.0696. The average Bonchev–Trinajstić information content (AvgIpc) is 2.30. The molecule has 1 N–H and O–H groups in total. The zero-order valence-electron chi connectivity index (χ0n) is 9.69. The Morgan fingerprint density at radius 1 is 1.53 bits per heavy atom. The lowest BCUT2D eigenvalue weighted by Crippen LogP contribution is -2.34. The molecule has 0 aliphatic carbocycles. The van der Waals surface area contributed by atoms with Gasteiger partial charge >= 0.3 is 5.97 Å². The minimum Gasteiger partial charge on any atom is -0.478 e. The average molecular weight is 238 g/mol. The molecule has 0 amide bonds. The molecule has 0 spiro atoms. The second-order valence-corrected chi connectivity index (χ2v) is 4.50. The van der Waals surface area contributed by atoms with E-state index < -0.39 is 11.8 Å². The number of aromatic nitrogens is 1. The number of piperidine rings is 1. The molecule has 0 unspecified atom stereocenters. The molecule has 2 rings (SSSR count). The van der Waals surface area contributed by atoms with E-state index in [0.29, 0.717) is 11.7 Å². The van der Waals surface area contributed by atoms with Crippen LogP contribution in [0.2, 0.25) is 0 Å². The lowest BCUT2D eigenvalue weighted by Gasteiger charge is -2.31. The third kappa shape index (κ3) is 2.54. The Bertz CT molecular complexity index is 429. The number of anilines is 1. The van der Waals surface area contributed by atoms with Gasteiger partial charge in [-0.2, -0.15) is 0 Å². The number of hydrogen-bond acceptors (Lipinski definition) is 3. The van der Waals surface area contributed by atoms with Crippen molar-refractivity contribution in [3.05, 3.63) is 23.6 Å². The maximum absolute atomic E-state index is 13.0. The van der Waals surface area contributed by atoms with Crippen molar-refractivity contribution in [3.63, 3.8) is 0 Å². The summed E-state index contributed by atoms with van der Waals surface area (Å²) in [6.07, 6.45) is 3.09. The van der Waals surface area contributed by atoms with Crippen LogP contribution in [-0.2, 0) is 0 Å². The summed E-state index contributed by atoms with van der Waals surface area (Å²) in [6.45, 7) is 3.73. The maximum atomic E-state index is 13.0. The molecule has 0 atom stereocenters. The van der Waals surface area contributed by atoms with E-state index in [1.165, 1.54) is 0 Å². The Kier molecular flexibility index (Phi) is 3.26. The van der Waals surface area contributed by atoms with Gasteiger partial charge in [0.25, 0.3) is 0 Å². The zero-order chi connectivity index (χ0) is 12.4. The summed E-state index contributed by atoms with van der Waals surface area (Å²) in [5, 5.41) is 9.04. The van der Waals surface area contributed by atoms with E-state index in [4.69, 9.17) is 5.11 Å². The Hall–Kier alpha value is -1.65. The normalized spacial score (nSPS) is 17.2. The third-order valence-corrected chi connectivity index (χ3v) is 3.15. The van der Waals surface area contributed by atoms with Crippen molar-refractivity contribution in [2.75, 3.05) is 18.0 Å². The number of rotatable bonds is 2. The van der Waals surface area contributed by atoms with Crippen LogP contribution in [0.15, 0.2) is 12.3 Å². The molecule has 2 heterocycles. The van der Waals surface area contributed by atoms with Gasteiger partial charge in [0.2, 0.25) is 0 Å². The molecule has 92 valence electrons. The number of pyridine rings is 1. The van der Waals surface area contributed by atoms with Gasteiger partial charge in [0.1, 0.15) is 17.2 Å². The molecular weight excluding hydrogens is 223 g/mol. The molecule has 0 bridgehead atoms. The highest BCUT2D eigenvalue weighted by molar-refractivity contribution is 5.93. The Morgan fingerprint density at radius 2 is 2.18 bits per heavy atom. The summed E-state index contributed by atoms with van der Waals surface area (Å²) in [4.78, 5) is 16.9. The van der Waals surface area contributed by atoms with Crippen molar-refractivity contribution in [1.82, 2.24) is 4.98 Å². The quantitative estimate of drug-likeness (QED) is 0.857. The standard InChI is InChI=1S/C12H15FN2O2/c1-8-2-4-15(5-3-8)11-10(12(16)17)6-9(13)7-14-11/h6-8H,2-5H2,1H3,(H,16,17). The van der Waals surface area contributed by atoms with Gasteiger partial charge in [-0.15, -0.1) is 0 Å². The minimum atomic E-state index is -1.13. The molecule has 1 saturated heterocycles. The van der Waals surface area contributed by atoms with Gasteiger partial charge in [-0.1, -0.05) is 6.92 Å². The number of nitrogens with zero attached hydrogens (tertiary/aromatic N) is 2. The predicted octanol–water partition coefficient (Wildman–Crippen LogP) is 2.16. The van der Waals surface area contributed by atoms with E-state index >= 15 is 0 Å². The fourth-order valence-electron chi connectivity index (χ4n) is 2.06. The van der Waals surface area contributed by atoms with E-state index in [1.54, 1.807) is 0 Å². The van der Waals surface area contributed by atoms with Gasteiger partial charge in [0.05, 0.1) is 6.20 Å². The van der Waals surface area contributed by atoms with E-state index in [9.17, 15) is 9.18 Å². The first-order valence-corrected chi connectivity index (χ1v) is 5.71. The smallest absolute Gasteiger partial charge is 0.339 e. The predicted molar refractivity (Wildman–Crippen MR) is 61.8 cm³/mol. The molecular formula is C12H15FN2O2. The van der Waals surface area contributed by atoms with Gasteiger partial charge in [0, 0.05) is 13.1 Å². The van der Waals surface area contributed by atoms with Crippen LogP contribution >= 0.6 is 0 Å². The highest BCUT2D eigenvalue weighted by atomic mass is 19.1. The van der Waals surface area contributed by atoms with E-state index in [1.807, 2.05) is 4.90 Å². The number of carbonyl (C=O) groups is 1. The Balaban J connectivity index is 2.28. The zero-order valence-corrected chi connectivity index (χ0v) is 9.69. The van der Waals surface area contributed by atoms with Crippen molar-refractivity contribution < 1.29 is 14.3 Å². The second-order valence-electron chi connectivity index (χ2n) is 4.50. The summed E-state index contributed by atoms with van der Waals surface area (Å²) in [7, 11) is 0. The first kappa shape index (κ1) is 11.8. The summed E-state index contributed by atoms with van der Waals surface area (Å²) in [6, 6.07) is 1.03. The molecule has 17 heavy (non-hydrogen) atoms. The van der Waals surface area contributed by atoms with Crippen LogP contribution in [0.4, 0.5) is 10.2 Å². The summed E-state index contributed by atoms with van der Waals surface area (Å²) < 4.78 is 13.0. The van der Waals surface area contributed by atoms with Crippen LogP contribution in [0, 0.1) is 11.7 Å². The Morgan fingerprint density at radius 3 is 2.76 bits per heavy atom. The van der Waals surface area contributed by atoms with Gasteiger partial charge in [-0.05, 0) is 24.8 Å². The van der Waals surface area contributed by atoms with Crippen LogP contribution in [-0.4, -0.2) is 29.1 Å². The van der Waals surface area contributed by atoms with Gasteiger partial charge in [-0.25, -0.2) is 14.2 Å². The monoisotopic (exact) mass is 238 g/mol. The van der Waals surface area contributed by atoms with Crippen LogP contribution in [0.3, 0.4) is 0 Å². The van der Waals surface area contributed by atoms with E-state index in [2.05, 4.69) is 11.9 Å². The number of halogens is 1. The summed E-state index contributed by atoms with van der Waals surface area (Å²) >= 11 is 0. The fourth-order valence-corrected chi connectivity index (χ4v) is 2.06. The first-order valence-electron chi connectivity index (χ1n) is 5.71. The molecule has 4 nitrogen and oxygen atoms in total. The fraction of sp³-hybridized carbons (Fsp3) is 0.500. The first-order chi connectivity index (χ1) is 8.08. The molecule has 0 saturated carbocycles. The molecule has 1 aliphatic heterocycles. The Labute approximate surface area is 99.1 Å². The molecule has 5 heteroatoms. The number of carboxylic acids is 1. The summed E-state index contributed by atoms with van der Waals surface area (Å²) in [5.74, 6) is -0.715. The van der Waals surface area contributed by atoms with Crippen molar-refractivity contribution in [1.29, 1.82) is 0 Å². The van der Waals surface area contributed by atoms with Gasteiger partial charge < -0.3 is 10.0 Å². The lowest BCUT2D eigenvalue weighted by atomic mass is 9.99. The summed E-state index contributed by atoms with van der Waals surface area (Å²) in [5.41, 5.74) is -0.0560. The van der Waals surface area contributed by atoms with Crippen LogP contribution in [0.1, 0.15) is 30.1 Å².